The lowest BCUT2D eigenvalue weighted by Gasteiger charge is -2.40. The van der Waals surface area contributed by atoms with E-state index in [2.05, 4.69) is 28.6 Å². The van der Waals surface area contributed by atoms with Gasteiger partial charge in [0.1, 0.15) is 5.82 Å². The second kappa shape index (κ2) is 8.70. The van der Waals surface area contributed by atoms with E-state index in [-0.39, 0.29) is 22.9 Å². The van der Waals surface area contributed by atoms with Gasteiger partial charge in [-0.25, -0.2) is 13.4 Å². The van der Waals surface area contributed by atoms with Crippen LogP contribution in [0.4, 0.5) is 0 Å². The van der Waals surface area contributed by atoms with Crippen molar-refractivity contribution in [3.63, 3.8) is 0 Å². The van der Waals surface area contributed by atoms with Crippen molar-refractivity contribution in [3.05, 3.63) is 69.8 Å². The van der Waals surface area contributed by atoms with Crippen LogP contribution in [-0.2, 0) is 28.3 Å². The summed E-state index contributed by atoms with van der Waals surface area (Å²) >= 11 is 1.76. The van der Waals surface area contributed by atoms with E-state index in [1.54, 1.807) is 36.1 Å². The molecule has 0 radical (unpaired) electrons. The predicted molar refractivity (Wildman–Crippen MR) is 127 cm³/mol. The van der Waals surface area contributed by atoms with E-state index >= 15 is 0 Å². The Morgan fingerprint density at radius 3 is 2.48 bits per heavy atom. The highest BCUT2D eigenvalue weighted by Crippen LogP contribution is 2.39. The van der Waals surface area contributed by atoms with Crippen molar-refractivity contribution in [2.24, 2.45) is 13.0 Å². The van der Waals surface area contributed by atoms with E-state index in [1.807, 2.05) is 23.1 Å². The molecule has 2 aromatic heterocycles. The van der Waals surface area contributed by atoms with Crippen LogP contribution in [0.1, 0.15) is 40.7 Å². The normalized spacial score (nSPS) is 20.1. The zero-order valence-electron chi connectivity index (χ0n) is 18.8. The molecule has 1 amide bonds. The SMILES string of the molecule is Cc1nc(S(=O)(=O)N2CCC(C(=O)N3CCc4sccc4C3c3ccccc3)CC2)cn1C. The summed E-state index contributed by atoms with van der Waals surface area (Å²) in [6, 6.07) is 12.3. The van der Waals surface area contributed by atoms with Gasteiger partial charge in [-0.05, 0) is 48.8 Å². The molecule has 2 aliphatic heterocycles. The Hall–Kier alpha value is -2.49. The Labute approximate surface area is 198 Å². The minimum absolute atomic E-state index is 0.0769. The summed E-state index contributed by atoms with van der Waals surface area (Å²) in [6.45, 7) is 3.14. The van der Waals surface area contributed by atoms with Crippen molar-refractivity contribution >= 4 is 27.3 Å². The number of aromatic nitrogens is 2. The summed E-state index contributed by atoms with van der Waals surface area (Å²) in [4.78, 5) is 21.3. The smallest absolute Gasteiger partial charge is 0.262 e. The van der Waals surface area contributed by atoms with Gasteiger partial charge in [0.25, 0.3) is 10.0 Å². The molecular weight excluding hydrogens is 456 g/mol. The highest BCUT2D eigenvalue weighted by molar-refractivity contribution is 7.89. The predicted octanol–water partition coefficient (Wildman–Crippen LogP) is 3.37. The molecule has 1 atom stereocenters. The van der Waals surface area contributed by atoms with Gasteiger partial charge in [-0.2, -0.15) is 4.31 Å². The minimum Gasteiger partial charge on any atom is -0.337 e. The fraction of sp³-hybridized carbons (Fsp3) is 0.417. The summed E-state index contributed by atoms with van der Waals surface area (Å²) in [5.74, 6) is 0.614. The highest BCUT2D eigenvalue weighted by Gasteiger charge is 2.39. The number of hydrogen-bond donors (Lipinski definition) is 0. The van der Waals surface area contributed by atoms with Crippen molar-refractivity contribution in [1.29, 1.82) is 0 Å². The molecule has 2 aliphatic rings. The first-order valence-electron chi connectivity index (χ1n) is 11.3. The van der Waals surface area contributed by atoms with Gasteiger partial charge in [-0.15, -0.1) is 11.3 Å². The van der Waals surface area contributed by atoms with Crippen molar-refractivity contribution < 1.29 is 13.2 Å². The van der Waals surface area contributed by atoms with Crippen molar-refractivity contribution in [2.45, 2.75) is 37.3 Å². The third-order valence-electron chi connectivity index (χ3n) is 6.86. The monoisotopic (exact) mass is 484 g/mol. The lowest BCUT2D eigenvalue weighted by molar-refractivity contribution is -0.138. The Balaban J connectivity index is 1.33. The molecule has 4 heterocycles. The fourth-order valence-corrected chi connectivity index (χ4v) is 7.31. The molecule has 174 valence electrons. The molecule has 7 nitrogen and oxygen atoms in total. The molecule has 9 heteroatoms. The van der Waals surface area contributed by atoms with Gasteiger partial charge < -0.3 is 9.47 Å². The van der Waals surface area contributed by atoms with Crippen molar-refractivity contribution in [2.75, 3.05) is 19.6 Å². The standard InChI is InChI=1S/C24H28N4O3S2/c1-17-25-22(16-26(17)2)33(30,31)27-12-8-19(9-13-27)24(29)28-14-10-21-20(11-15-32-21)23(28)18-6-4-3-5-7-18/h3-7,11,15-16,19,23H,8-10,12-14H2,1-2H3. The highest BCUT2D eigenvalue weighted by atomic mass is 32.2. The number of amides is 1. The lowest BCUT2D eigenvalue weighted by Crippen LogP contribution is -2.47. The fourth-order valence-electron chi connectivity index (χ4n) is 4.91. The number of fused-ring (bicyclic) bond motifs is 1. The van der Waals surface area contributed by atoms with E-state index < -0.39 is 10.0 Å². The lowest BCUT2D eigenvalue weighted by atomic mass is 9.89. The van der Waals surface area contributed by atoms with Gasteiger partial charge in [0.05, 0.1) is 6.04 Å². The van der Waals surface area contributed by atoms with Crippen LogP contribution in [0.25, 0.3) is 0 Å². The molecule has 0 saturated carbocycles. The first-order valence-corrected chi connectivity index (χ1v) is 13.6. The molecular formula is C24H28N4O3S2. The first kappa shape index (κ1) is 22.3. The Morgan fingerprint density at radius 2 is 1.82 bits per heavy atom. The van der Waals surface area contributed by atoms with Crippen LogP contribution in [0.3, 0.4) is 0 Å². The number of thiophene rings is 1. The van der Waals surface area contributed by atoms with Crippen LogP contribution in [-0.4, -0.2) is 52.7 Å². The second-order valence-electron chi connectivity index (χ2n) is 8.81. The van der Waals surface area contributed by atoms with Crippen molar-refractivity contribution in [1.82, 2.24) is 18.8 Å². The molecule has 1 unspecified atom stereocenters. The number of hydrogen-bond acceptors (Lipinski definition) is 5. The third-order valence-corrected chi connectivity index (χ3v) is 9.62. The number of carbonyl (C=O) groups is 1. The number of nitrogens with zero attached hydrogens (tertiary/aromatic N) is 4. The Bertz CT molecular complexity index is 1240. The van der Waals surface area contributed by atoms with Crippen LogP contribution >= 0.6 is 11.3 Å². The largest absolute Gasteiger partial charge is 0.337 e. The van der Waals surface area contributed by atoms with E-state index in [0.29, 0.717) is 38.3 Å². The van der Waals surface area contributed by atoms with E-state index in [4.69, 9.17) is 0 Å². The Kier molecular flexibility index (Phi) is 5.88. The number of aryl methyl sites for hydroxylation is 2. The maximum absolute atomic E-state index is 13.7. The number of carbonyl (C=O) groups excluding carboxylic acids is 1. The molecule has 0 spiro atoms. The number of imidazole rings is 1. The maximum Gasteiger partial charge on any atom is 0.262 e. The van der Waals surface area contributed by atoms with Gasteiger partial charge in [0, 0.05) is 43.7 Å². The topological polar surface area (TPSA) is 75.5 Å². The molecule has 5 rings (SSSR count). The van der Waals surface area contributed by atoms with Crippen LogP contribution in [0.2, 0.25) is 0 Å². The molecule has 3 aromatic rings. The summed E-state index contributed by atoms with van der Waals surface area (Å²) in [5.41, 5.74) is 2.34. The maximum atomic E-state index is 13.7. The van der Waals surface area contributed by atoms with Gasteiger partial charge >= 0.3 is 0 Å². The summed E-state index contributed by atoms with van der Waals surface area (Å²) in [6.07, 6.45) is 3.48. The van der Waals surface area contributed by atoms with Crippen molar-refractivity contribution in [3.8, 4) is 0 Å². The summed E-state index contributed by atoms with van der Waals surface area (Å²) in [5, 5.41) is 2.19. The average molecular weight is 485 g/mol. The van der Waals surface area contributed by atoms with E-state index in [1.165, 1.54) is 14.7 Å². The molecule has 0 N–H and O–H groups in total. The quantitative estimate of drug-likeness (QED) is 0.569. The molecule has 1 saturated heterocycles. The molecule has 0 bridgehead atoms. The van der Waals surface area contributed by atoms with Crippen LogP contribution in [0, 0.1) is 12.8 Å². The second-order valence-corrected chi connectivity index (χ2v) is 11.7. The average Bonchev–Trinajstić information content (AvgIpc) is 3.45. The molecule has 1 fully saturated rings. The number of sulfonamides is 1. The minimum atomic E-state index is -3.65. The molecule has 1 aromatic carbocycles. The summed E-state index contributed by atoms with van der Waals surface area (Å²) in [7, 11) is -1.86. The van der Waals surface area contributed by atoms with E-state index in [9.17, 15) is 13.2 Å². The third kappa shape index (κ3) is 4.02. The Morgan fingerprint density at radius 1 is 1.09 bits per heavy atom. The van der Waals surface area contributed by atoms with Gasteiger partial charge in [-0.3, -0.25) is 4.79 Å². The zero-order valence-corrected chi connectivity index (χ0v) is 20.5. The number of piperidine rings is 1. The molecule has 0 aliphatic carbocycles. The number of rotatable bonds is 4. The zero-order chi connectivity index (χ0) is 23.2. The number of benzene rings is 1. The van der Waals surface area contributed by atoms with Gasteiger partial charge in [0.15, 0.2) is 5.03 Å². The van der Waals surface area contributed by atoms with Gasteiger partial charge in [0.2, 0.25) is 5.91 Å². The van der Waals surface area contributed by atoms with Crippen LogP contribution < -0.4 is 0 Å². The molecule has 33 heavy (non-hydrogen) atoms. The first-order chi connectivity index (χ1) is 15.9. The van der Waals surface area contributed by atoms with Crippen LogP contribution in [0.15, 0.2) is 53.0 Å². The van der Waals surface area contributed by atoms with E-state index in [0.717, 1.165) is 12.0 Å². The van der Waals surface area contributed by atoms with Crippen LogP contribution in [0.5, 0.6) is 0 Å². The van der Waals surface area contributed by atoms with Gasteiger partial charge in [-0.1, -0.05) is 30.3 Å². The summed E-state index contributed by atoms with van der Waals surface area (Å²) < 4.78 is 29.2.